The van der Waals surface area contributed by atoms with E-state index >= 15 is 0 Å². The number of rotatable bonds is 10. The minimum Gasteiger partial charge on any atom is -0.367 e. The molecule has 0 aromatic carbocycles. The Hall–Kier alpha value is -0.540. The van der Waals surface area contributed by atoms with E-state index < -0.39 is 0 Å². The fourth-order valence-corrected chi connectivity index (χ4v) is 1.50. The van der Waals surface area contributed by atoms with Crippen LogP contribution in [0.25, 0.3) is 0 Å². The molecule has 0 aliphatic rings. The zero-order valence-electron chi connectivity index (χ0n) is 11.0. The summed E-state index contributed by atoms with van der Waals surface area (Å²) in [5, 5.41) is 3.14. The van der Waals surface area contributed by atoms with Crippen molar-refractivity contribution in [2.45, 2.75) is 52.7 Å². The Balaban J connectivity index is 3.61. The molecule has 0 heterocycles. The van der Waals surface area contributed by atoms with Crippen LogP contribution in [0.3, 0.4) is 0 Å². The normalized spacial score (nSPS) is 15.2. The van der Waals surface area contributed by atoms with E-state index in [0.29, 0.717) is 12.5 Å². The van der Waals surface area contributed by atoms with Crippen molar-refractivity contribution in [2.24, 2.45) is 11.7 Å². The summed E-state index contributed by atoms with van der Waals surface area (Å²) >= 11 is 0. The zero-order chi connectivity index (χ0) is 12.2. The molecule has 0 saturated heterocycles. The van der Waals surface area contributed by atoms with Crippen LogP contribution in [0.2, 0.25) is 0 Å². The summed E-state index contributed by atoms with van der Waals surface area (Å²) in [6.07, 6.45) is 8.86. The molecule has 0 spiro atoms. The van der Waals surface area contributed by atoms with Crippen molar-refractivity contribution in [3.05, 3.63) is 12.3 Å². The van der Waals surface area contributed by atoms with E-state index in [1.165, 1.54) is 25.7 Å². The van der Waals surface area contributed by atoms with Gasteiger partial charge in [-0.2, -0.15) is 0 Å². The van der Waals surface area contributed by atoms with Crippen LogP contribution in [0, 0.1) is 5.92 Å². The van der Waals surface area contributed by atoms with Crippen LogP contribution in [-0.4, -0.2) is 19.4 Å². The van der Waals surface area contributed by atoms with Crippen molar-refractivity contribution in [1.82, 2.24) is 5.32 Å². The molecule has 96 valence electrons. The van der Waals surface area contributed by atoms with Gasteiger partial charge in [0.15, 0.2) is 0 Å². The number of nitrogens with one attached hydrogen (secondary N) is 1. The fraction of sp³-hybridized carbons (Fsp3) is 0.846. The molecule has 0 saturated carbocycles. The highest BCUT2D eigenvalue weighted by atomic mass is 16.5. The van der Waals surface area contributed by atoms with Crippen LogP contribution < -0.4 is 11.1 Å². The lowest BCUT2D eigenvalue weighted by Crippen LogP contribution is -2.26. The molecule has 3 nitrogen and oxygen atoms in total. The van der Waals surface area contributed by atoms with Gasteiger partial charge >= 0.3 is 0 Å². The largest absolute Gasteiger partial charge is 0.367 e. The molecule has 0 aromatic heterocycles. The number of hydrogen-bond acceptors (Lipinski definition) is 3. The summed E-state index contributed by atoms with van der Waals surface area (Å²) in [6, 6.07) is 0. The Morgan fingerprint density at radius 3 is 2.69 bits per heavy atom. The van der Waals surface area contributed by atoms with Crippen molar-refractivity contribution in [3.63, 3.8) is 0 Å². The van der Waals surface area contributed by atoms with E-state index in [2.05, 4.69) is 19.2 Å². The first kappa shape index (κ1) is 15.5. The van der Waals surface area contributed by atoms with Gasteiger partial charge in [0.05, 0.1) is 6.61 Å². The third-order valence-electron chi connectivity index (χ3n) is 2.71. The lowest BCUT2D eigenvalue weighted by molar-refractivity contribution is 0.0249. The highest BCUT2D eigenvalue weighted by molar-refractivity contribution is 4.80. The summed E-state index contributed by atoms with van der Waals surface area (Å²) in [5.74, 6) is 0.697. The van der Waals surface area contributed by atoms with Crippen LogP contribution >= 0.6 is 0 Å². The number of unbranched alkanes of at least 4 members (excludes halogenated alkanes) is 1. The maximum Gasteiger partial charge on any atom is 0.124 e. The second-order valence-electron chi connectivity index (χ2n) is 4.20. The molecular weight excluding hydrogens is 200 g/mol. The van der Waals surface area contributed by atoms with Gasteiger partial charge in [0.1, 0.15) is 6.23 Å². The number of nitrogens with two attached hydrogens (primary N) is 1. The molecule has 16 heavy (non-hydrogen) atoms. The quantitative estimate of drug-likeness (QED) is 0.565. The first-order chi connectivity index (χ1) is 7.74. The number of hydrogen-bond donors (Lipinski definition) is 2. The molecular formula is C13H28N2O. The Kier molecular flexibility index (Phi) is 10.6. The van der Waals surface area contributed by atoms with E-state index in [9.17, 15) is 0 Å². The van der Waals surface area contributed by atoms with Crippen LogP contribution in [0.4, 0.5) is 0 Å². The summed E-state index contributed by atoms with van der Waals surface area (Å²) in [5.41, 5.74) is 5.35. The monoisotopic (exact) mass is 228 g/mol. The van der Waals surface area contributed by atoms with Gasteiger partial charge in [-0.05, 0) is 25.5 Å². The minimum absolute atomic E-state index is 0.0680. The minimum atomic E-state index is 0.0680. The van der Waals surface area contributed by atoms with E-state index in [-0.39, 0.29) is 6.23 Å². The molecule has 0 amide bonds. The van der Waals surface area contributed by atoms with Crippen LogP contribution in [-0.2, 0) is 4.74 Å². The third-order valence-corrected chi connectivity index (χ3v) is 2.71. The van der Waals surface area contributed by atoms with E-state index in [1.807, 2.05) is 19.2 Å². The molecule has 0 rings (SSSR count). The van der Waals surface area contributed by atoms with Gasteiger partial charge in [-0.15, -0.1) is 0 Å². The molecule has 0 fully saturated rings. The topological polar surface area (TPSA) is 47.3 Å². The van der Waals surface area contributed by atoms with Crippen LogP contribution in [0.15, 0.2) is 12.3 Å². The van der Waals surface area contributed by atoms with Crippen molar-refractivity contribution >= 4 is 0 Å². The molecule has 0 aromatic rings. The SMILES string of the molecule is CCCCC(CC)COC(C)NC=CCN. The third kappa shape index (κ3) is 8.74. The Labute approximate surface area is 100 Å². The maximum absolute atomic E-state index is 5.74. The smallest absolute Gasteiger partial charge is 0.124 e. The lowest BCUT2D eigenvalue weighted by Gasteiger charge is -2.19. The predicted octanol–water partition coefficient (Wildman–Crippen LogP) is 2.63. The average molecular weight is 228 g/mol. The molecule has 2 unspecified atom stereocenters. The molecule has 3 heteroatoms. The van der Waals surface area contributed by atoms with E-state index in [0.717, 1.165) is 6.61 Å². The van der Waals surface area contributed by atoms with Gasteiger partial charge in [0.2, 0.25) is 0 Å². The van der Waals surface area contributed by atoms with E-state index in [4.69, 9.17) is 10.5 Å². The standard InChI is InChI=1S/C13H28N2O/c1-4-6-8-13(5-2)11-16-12(3)15-10-7-9-14/h7,10,12-13,15H,4-6,8-9,11,14H2,1-3H3. The van der Waals surface area contributed by atoms with Gasteiger partial charge < -0.3 is 15.8 Å². The maximum atomic E-state index is 5.74. The van der Waals surface area contributed by atoms with Crippen LogP contribution in [0.1, 0.15) is 46.5 Å². The van der Waals surface area contributed by atoms with Gasteiger partial charge in [0.25, 0.3) is 0 Å². The Bertz CT molecular complexity index is 171. The zero-order valence-corrected chi connectivity index (χ0v) is 11.0. The fourth-order valence-electron chi connectivity index (χ4n) is 1.50. The molecule has 0 radical (unpaired) electrons. The molecule has 0 aliphatic carbocycles. The van der Waals surface area contributed by atoms with Gasteiger partial charge in [-0.1, -0.05) is 39.2 Å². The second kappa shape index (κ2) is 11.0. The van der Waals surface area contributed by atoms with Gasteiger partial charge in [-0.25, -0.2) is 0 Å². The summed E-state index contributed by atoms with van der Waals surface area (Å²) in [6.45, 7) is 7.90. The van der Waals surface area contributed by atoms with Crippen LogP contribution in [0.5, 0.6) is 0 Å². The molecule has 2 atom stereocenters. The summed E-state index contributed by atoms with van der Waals surface area (Å²) in [4.78, 5) is 0. The Morgan fingerprint density at radius 1 is 1.38 bits per heavy atom. The molecule has 0 bridgehead atoms. The predicted molar refractivity (Wildman–Crippen MR) is 70.1 cm³/mol. The first-order valence-electron chi connectivity index (χ1n) is 6.47. The first-order valence-corrected chi connectivity index (χ1v) is 6.47. The van der Waals surface area contributed by atoms with Crippen molar-refractivity contribution in [3.8, 4) is 0 Å². The van der Waals surface area contributed by atoms with E-state index in [1.54, 1.807) is 0 Å². The van der Waals surface area contributed by atoms with Crippen molar-refractivity contribution < 1.29 is 4.74 Å². The molecule has 0 aliphatic heterocycles. The summed E-state index contributed by atoms with van der Waals surface area (Å²) in [7, 11) is 0. The Morgan fingerprint density at radius 2 is 2.12 bits per heavy atom. The summed E-state index contributed by atoms with van der Waals surface area (Å²) < 4.78 is 5.74. The van der Waals surface area contributed by atoms with Crippen molar-refractivity contribution in [2.75, 3.05) is 13.2 Å². The highest BCUT2D eigenvalue weighted by Gasteiger charge is 2.07. The number of ether oxygens (including phenoxy) is 1. The lowest BCUT2D eigenvalue weighted by atomic mass is 10.0. The molecule has 3 N–H and O–H groups in total. The second-order valence-corrected chi connectivity index (χ2v) is 4.20. The van der Waals surface area contributed by atoms with Gasteiger partial charge in [-0.3, -0.25) is 0 Å². The van der Waals surface area contributed by atoms with Gasteiger partial charge in [0, 0.05) is 6.54 Å². The van der Waals surface area contributed by atoms with Crippen molar-refractivity contribution in [1.29, 1.82) is 0 Å². The average Bonchev–Trinajstić information content (AvgIpc) is 2.30. The highest BCUT2D eigenvalue weighted by Crippen LogP contribution is 2.13.